The number of halogens is 1. The molecule has 17 heavy (non-hydrogen) atoms. The van der Waals surface area contributed by atoms with E-state index in [1.165, 1.54) is 0 Å². The Labute approximate surface area is 109 Å². The van der Waals surface area contributed by atoms with Crippen molar-refractivity contribution in [1.29, 1.82) is 0 Å². The first-order chi connectivity index (χ1) is 8.08. The van der Waals surface area contributed by atoms with Gasteiger partial charge >= 0.3 is 0 Å². The monoisotopic (exact) mass is 268 g/mol. The van der Waals surface area contributed by atoms with E-state index >= 15 is 0 Å². The van der Waals surface area contributed by atoms with Crippen molar-refractivity contribution in [3.8, 4) is 0 Å². The van der Waals surface area contributed by atoms with Gasteiger partial charge in [-0.05, 0) is 13.0 Å². The second-order valence-electron chi connectivity index (χ2n) is 3.65. The molecule has 0 spiro atoms. The average Bonchev–Trinajstić information content (AvgIpc) is 2.56. The third-order valence-electron chi connectivity index (χ3n) is 2.20. The van der Waals surface area contributed by atoms with Crippen LogP contribution in [0.4, 0.5) is 0 Å². The van der Waals surface area contributed by atoms with Crippen LogP contribution in [-0.4, -0.2) is 19.7 Å². The molecule has 2 aromatic rings. The molecule has 2 rings (SSSR count). The first-order valence-corrected chi connectivity index (χ1v) is 6.50. The van der Waals surface area contributed by atoms with Crippen molar-refractivity contribution in [3.05, 3.63) is 28.8 Å². The Balaban J connectivity index is 2.29. The van der Waals surface area contributed by atoms with E-state index in [1.54, 1.807) is 17.8 Å². The lowest BCUT2D eigenvalue weighted by Gasteiger charge is -2.03. The molecule has 0 aliphatic carbocycles. The minimum atomic E-state index is 0.484. The van der Waals surface area contributed by atoms with Crippen LogP contribution in [0.2, 0.25) is 5.15 Å². The summed E-state index contributed by atoms with van der Waals surface area (Å²) in [6, 6.07) is 3.79. The summed E-state index contributed by atoms with van der Waals surface area (Å²) in [6.45, 7) is 3.98. The topological polar surface area (TPSA) is 43.6 Å². The van der Waals surface area contributed by atoms with Crippen LogP contribution in [0.3, 0.4) is 0 Å². The van der Waals surface area contributed by atoms with E-state index in [1.807, 2.05) is 31.6 Å². The highest BCUT2D eigenvalue weighted by atomic mass is 35.5. The van der Waals surface area contributed by atoms with Gasteiger partial charge in [-0.25, -0.2) is 9.97 Å². The van der Waals surface area contributed by atoms with E-state index in [2.05, 4.69) is 15.1 Å². The van der Waals surface area contributed by atoms with Crippen LogP contribution in [0.5, 0.6) is 0 Å². The molecule has 0 saturated heterocycles. The maximum absolute atomic E-state index is 5.95. The molecule has 2 aromatic heterocycles. The second-order valence-corrected chi connectivity index (χ2v) is 5.08. The second kappa shape index (κ2) is 5.06. The third kappa shape index (κ3) is 2.98. The van der Waals surface area contributed by atoms with Crippen molar-refractivity contribution in [2.45, 2.75) is 30.3 Å². The molecule has 0 atom stereocenters. The molecular formula is C11H13ClN4S. The van der Waals surface area contributed by atoms with Crippen LogP contribution in [0, 0.1) is 6.92 Å². The summed E-state index contributed by atoms with van der Waals surface area (Å²) in [5, 5.41) is 6.67. The molecule has 4 nitrogen and oxygen atoms in total. The van der Waals surface area contributed by atoms with Gasteiger partial charge in [-0.1, -0.05) is 30.3 Å². The Hall–Kier alpha value is -1.07. The van der Waals surface area contributed by atoms with E-state index in [-0.39, 0.29) is 0 Å². The Kier molecular flexibility index (Phi) is 3.69. The summed E-state index contributed by atoms with van der Waals surface area (Å²) in [5.41, 5.74) is 0.992. The molecule has 0 N–H and O–H groups in total. The van der Waals surface area contributed by atoms with E-state index in [4.69, 9.17) is 11.6 Å². The van der Waals surface area contributed by atoms with E-state index in [0.717, 1.165) is 28.0 Å². The van der Waals surface area contributed by atoms with Gasteiger partial charge in [0.05, 0.1) is 5.69 Å². The molecule has 0 aromatic carbocycles. The van der Waals surface area contributed by atoms with E-state index in [0.29, 0.717) is 5.15 Å². The van der Waals surface area contributed by atoms with Crippen molar-refractivity contribution in [3.63, 3.8) is 0 Å². The zero-order valence-corrected chi connectivity index (χ0v) is 11.5. The van der Waals surface area contributed by atoms with Crippen molar-refractivity contribution < 1.29 is 0 Å². The van der Waals surface area contributed by atoms with Crippen LogP contribution in [0.15, 0.2) is 22.2 Å². The van der Waals surface area contributed by atoms with Crippen molar-refractivity contribution >= 4 is 23.4 Å². The summed E-state index contributed by atoms with van der Waals surface area (Å²) in [7, 11) is 1.92. The minimum Gasteiger partial charge on any atom is -0.261 e. The SMILES string of the molecule is CCc1nc(Cl)cc(Sc2cc(C)nn2C)n1. The molecule has 0 unspecified atom stereocenters. The quantitative estimate of drug-likeness (QED) is 0.803. The fourth-order valence-electron chi connectivity index (χ4n) is 1.44. The molecule has 0 aliphatic rings. The van der Waals surface area contributed by atoms with Crippen LogP contribution >= 0.6 is 23.4 Å². The molecule has 0 aliphatic heterocycles. The first-order valence-electron chi connectivity index (χ1n) is 5.30. The van der Waals surface area contributed by atoms with Gasteiger partial charge in [0.25, 0.3) is 0 Å². The van der Waals surface area contributed by atoms with Crippen molar-refractivity contribution in [1.82, 2.24) is 19.7 Å². The number of aromatic nitrogens is 4. The molecule has 90 valence electrons. The molecule has 6 heteroatoms. The maximum Gasteiger partial charge on any atom is 0.133 e. The zero-order valence-electron chi connectivity index (χ0n) is 9.94. The zero-order chi connectivity index (χ0) is 12.4. The predicted octanol–water partition coefficient (Wildman–Crippen LogP) is 2.89. The molecule has 0 amide bonds. The number of nitrogens with zero attached hydrogens (tertiary/aromatic N) is 4. The molecule has 0 bridgehead atoms. The molecule has 0 radical (unpaired) electrons. The summed E-state index contributed by atoms with van der Waals surface area (Å²) in [4.78, 5) is 8.56. The van der Waals surface area contributed by atoms with Gasteiger partial charge in [0, 0.05) is 19.5 Å². The Morgan fingerprint density at radius 1 is 1.35 bits per heavy atom. The number of aryl methyl sites for hydroxylation is 3. The summed E-state index contributed by atoms with van der Waals surface area (Å²) < 4.78 is 1.83. The Morgan fingerprint density at radius 3 is 2.71 bits per heavy atom. The van der Waals surface area contributed by atoms with Gasteiger partial charge in [-0.3, -0.25) is 4.68 Å². The van der Waals surface area contributed by atoms with Crippen molar-refractivity contribution in [2.24, 2.45) is 7.05 Å². The van der Waals surface area contributed by atoms with Crippen molar-refractivity contribution in [2.75, 3.05) is 0 Å². The number of rotatable bonds is 3. The van der Waals surface area contributed by atoms with Gasteiger partial charge < -0.3 is 0 Å². The predicted molar refractivity (Wildman–Crippen MR) is 68.5 cm³/mol. The van der Waals surface area contributed by atoms with Crippen LogP contribution in [-0.2, 0) is 13.5 Å². The van der Waals surface area contributed by atoms with Gasteiger partial charge in [0.2, 0.25) is 0 Å². The molecular weight excluding hydrogens is 256 g/mol. The van der Waals surface area contributed by atoms with E-state index in [9.17, 15) is 0 Å². The highest BCUT2D eigenvalue weighted by Crippen LogP contribution is 2.27. The number of hydrogen-bond donors (Lipinski definition) is 0. The minimum absolute atomic E-state index is 0.484. The largest absolute Gasteiger partial charge is 0.261 e. The fourth-order valence-corrected chi connectivity index (χ4v) is 2.65. The first kappa shape index (κ1) is 12.4. The summed E-state index contributed by atoms with van der Waals surface area (Å²) >= 11 is 7.50. The van der Waals surface area contributed by atoms with E-state index < -0.39 is 0 Å². The Bertz CT molecular complexity index is 538. The average molecular weight is 269 g/mol. The fraction of sp³-hybridized carbons (Fsp3) is 0.364. The lowest BCUT2D eigenvalue weighted by molar-refractivity contribution is 0.691. The molecule has 0 saturated carbocycles. The van der Waals surface area contributed by atoms with Crippen LogP contribution in [0.1, 0.15) is 18.4 Å². The van der Waals surface area contributed by atoms with Gasteiger partial charge in [-0.2, -0.15) is 5.10 Å². The highest BCUT2D eigenvalue weighted by molar-refractivity contribution is 7.99. The molecule has 2 heterocycles. The van der Waals surface area contributed by atoms with Crippen LogP contribution in [0.25, 0.3) is 0 Å². The summed E-state index contributed by atoms with van der Waals surface area (Å²) in [5.74, 6) is 0.763. The normalized spacial score (nSPS) is 10.8. The summed E-state index contributed by atoms with van der Waals surface area (Å²) in [6.07, 6.45) is 0.776. The highest BCUT2D eigenvalue weighted by Gasteiger charge is 2.08. The van der Waals surface area contributed by atoms with Gasteiger partial charge in [0.15, 0.2) is 0 Å². The maximum atomic E-state index is 5.95. The van der Waals surface area contributed by atoms with Crippen LogP contribution < -0.4 is 0 Å². The third-order valence-corrected chi connectivity index (χ3v) is 3.41. The Morgan fingerprint density at radius 2 is 2.12 bits per heavy atom. The molecule has 0 fully saturated rings. The van der Waals surface area contributed by atoms with Gasteiger partial charge in [-0.15, -0.1) is 0 Å². The lowest BCUT2D eigenvalue weighted by atomic mass is 10.4. The number of hydrogen-bond acceptors (Lipinski definition) is 4. The lowest BCUT2D eigenvalue weighted by Crippen LogP contribution is -1.96. The standard InChI is InChI=1S/C11H13ClN4S/c1-4-9-13-8(12)6-10(14-9)17-11-5-7(2)15-16(11)3/h5-6H,4H2,1-3H3. The smallest absolute Gasteiger partial charge is 0.133 e. The van der Waals surface area contributed by atoms with Gasteiger partial charge in [0.1, 0.15) is 21.0 Å².